The fraction of sp³-hybridized carbons (Fsp3) is 1.00. The third-order valence-electron chi connectivity index (χ3n) is 4.68. The van der Waals surface area contributed by atoms with Crippen molar-refractivity contribution in [1.82, 2.24) is 9.62 Å². The molecule has 0 radical (unpaired) electrons. The van der Waals surface area contributed by atoms with Crippen molar-refractivity contribution >= 4 is 10.0 Å². The zero-order valence-electron chi connectivity index (χ0n) is 12.1. The highest BCUT2D eigenvalue weighted by atomic mass is 32.2. The van der Waals surface area contributed by atoms with Crippen LogP contribution in [0.1, 0.15) is 51.9 Å². The van der Waals surface area contributed by atoms with Crippen LogP contribution in [0.25, 0.3) is 0 Å². The summed E-state index contributed by atoms with van der Waals surface area (Å²) < 4.78 is 26.4. The molecule has 5 heteroatoms. The number of hydrogen-bond acceptors (Lipinski definition) is 3. The predicted molar refractivity (Wildman–Crippen MR) is 78.6 cm³/mol. The van der Waals surface area contributed by atoms with E-state index >= 15 is 0 Å². The summed E-state index contributed by atoms with van der Waals surface area (Å²) >= 11 is 0. The number of nitrogens with one attached hydrogen (secondary N) is 1. The maximum Gasteiger partial charge on any atom is 0.214 e. The molecule has 1 N–H and O–H groups in total. The molecule has 1 atom stereocenters. The van der Waals surface area contributed by atoms with Gasteiger partial charge in [-0.25, -0.2) is 12.7 Å². The van der Waals surface area contributed by atoms with Gasteiger partial charge in [0.1, 0.15) is 0 Å². The summed E-state index contributed by atoms with van der Waals surface area (Å²) in [5.74, 6) is 1.05. The first-order valence-electron chi connectivity index (χ1n) is 7.83. The summed E-state index contributed by atoms with van der Waals surface area (Å²) in [6.45, 7) is 4.72. The topological polar surface area (TPSA) is 49.4 Å². The minimum atomic E-state index is -3.02. The van der Waals surface area contributed by atoms with Gasteiger partial charge in [0.25, 0.3) is 0 Å². The Labute approximate surface area is 118 Å². The van der Waals surface area contributed by atoms with Crippen molar-refractivity contribution in [2.24, 2.45) is 5.92 Å². The van der Waals surface area contributed by atoms with E-state index in [-0.39, 0.29) is 0 Å². The molecule has 0 bridgehead atoms. The molecule has 4 nitrogen and oxygen atoms in total. The van der Waals surface area contributed by atoms with Crippen LogP contribution in [0.4, 0.5) is 0 Å². The summed E-state index contributed by atoms with van der Waals surface area (Å²) in [6, 6.07) is 0.414. The van der Waals surface area contributed by atoms with Crippen LogP contribution in [0.3, 0.4) is 0 Å². The first-order chi connectivity index (χ1) is 9.12. The molecular weight excluding hydrogens is 260 g/mol. The molecular formula is C14H28N2O2S. The highest BCUT2D eigenvalue weighted by Gasteiger charge is 2.28. The molecule has 2 saturated heterocycles. The molecule has 1 unspecified atom stereocenters. The van der Waals surface area contributed by atoms with Crippen LogP contribution in [0.15, 0.2) is 0 Å². The predicted octanol–water partition coefficient (Wildman–Crippen LogP) is 1.97. The molecule has 2 fully saturated rings. The fourth-order valence-electron chi connectivity index (χ4n) is 3.19. The van der Waals surface area contributed by atoms with Crippen LogP contribution in [0, 0.1) is 5.92 Å². The number of hydrogen-bond donors (Lipinski definition) is 1. The Morgan fingerprint density at radius 2 is 1.89 bits per heavy atom. The molecule has 0 aromatic carbocycles. The molecule has 2 heterocycles. The second kappa shape index (κ2) is 7.04. The van der Waals surface area contributed by atoms with Crippen molar-refractivity contribution < 1.29 is 8.42 Å². The van der Waals surface area contributed by atoms with E-state index in [1.165, 1.54) is 19.3 Å². The lowest BCUT2D eigenvalue weighted by molar-refractivity contribution is 0.268. The Kier molecular flexibility index (Phi) is 5.66. The number of sulfonamides is 1. The molecule has 0 amide bonds. The molecule has 112 valence electrons. The van der Waals surface area contributed by atoms with Crippen molar-refractivity contribution in [2.45, 2.75) is 57.9 Å². The van der Waals surface area contributed by atoms with Crippen LogP contribution in [0.2, 0.25) is 0 Å². The Hall–Kier alpha value is -0.130. The van der Waals surface area contributed by atoms with Gasteiger partial charge in [-0.3, -0.25) is 0 Å². The zero-order chi connectivity index (χ0) is 13.7. The maximum absolute atomic E-state index is 12.3. The number of nitrogens with zero attached hydrogens (tertiary/aromatic N) is 1. The van der Waals surface area contributed by atoms with Gasteiger partial charge >= 0.3 is 0 Å². The third-order valence-corrected chi connectivity index (χ3v) is 6.58. The van der Waals surface area contributed by atoms with Gasteiger partial charge in [0.2, 0.25) is 10.0 Å². The first-order valence-corrected chi connectivity index (χ1v) is 9.44. The highest BCUT2D eigenvalue weighted by Crippen LogP contribution is 2.22. The Morgan fingerprint density at radius 3 is 2.47 bits per heavy atom. The second-order valence-electron chi connectivity index (χ2n) is 6.00. The Morgan fingerprint density at radius 1 is 1.16 bits per heavy atom. The molecule has 19 heavy (non-hydrogen) atoms. The zero-order valence-corrected chi connectivity index (χ0v) is 12.9. The van der Waals surface area contributed by atoms with Gasteiger partial charge in [0.15, 0.2) is 0 Å². The van der Waals surface area contributed by atoms with Crippen LogP contribution in [-0.2, 0) is 10.0 Å². The van der Waals surface area contributed by atoms with Gasteiger partial charge in [-0.1, -0.05) is 19.8 Å². The van der Waals surface area contributed by atoms with Gasteiger partial charge in [0, 0.05) is 19.1 Å². The van der Waals surface area contributed by atoms with Gasteiger partial charge in [-0.05, 0) is 44.6 Å². The maximum atomic E-state index is 12.3. The monoisotopic (exact) mass is 288 g/mol. The lowest BCUT2D eigenvalue weighted by Gasteiger charge is -2.31. The number of rotatable bonds is 5. The standard InChI is InChI=1S/C14H28N2O2S/c1-2-13-6-10-16(11-7-13)19(17,18)12-8-14-5-3-4-9-15-14/h13-15H,2-12H2,1H3. The number of piperidine rings is 2. The highest BCUT2D eigenvalue weighted by molar-refractivity contribution is 7.89. The average Bonchev–Trinajstić information content (AvgIpc) is 2.46. The van der Waals surface area contributed by atoms with Crippen molar-refractivity contribution in [3.05, 3.63) is 0 Å². The van der Waals surface area contributed by atoms with Gasteiger partial charge in [0.05, 0.1) is 5.75 Å². The summed E-state index contributed by atoms with van der Waals surface area (Å²) in [6.07, 6.45) is 7.63. The SMILES string of the molecule is CCC1CCN(S(=O)(=O)CCC2CCCCN2)CC1. The van der Waals surface area contributed by atoms with Gasteiger partial charge in [-0.15, -0.1) is 0 Å². The largest absolute Gasteiger partial charge is 0.314 e. The van der Waals surface area contributed by atoms with E-state index in [1.54, 1.807) is 4.31 Å². The molecule has 0 aliphatic carbocycles. The van der Waals surface area contributed by atoms with Crippen molar-refractivity contribution in [1.29, 1.82) is 0 Å². The average molecular weight is 288 g/mol. The molecule has 0 aromatic rings. The summed E-state index contributed by atoms with van der Waals surface area (Å²) in [4.78, 5) is 0. The van der Waals surface area contributed by atoms with Crippen molar-refractivity contribution in [3.63, 3.8) is 0 Å². The smallest absolute Gasteiger partial charge is 0.214 e. The lowest BCUT2D eigenvalue weighted by Crippen LogP contribution is -2.42. The lowest BCUT2D eigenvalue weighted by atomic mass is 9.96. The van der Waals surface area contributed by atoms with E-state index in [1.807, 2.05) is 0 Å². The third kappa shape index (κ3) is 4.43. The molecule has 2 aliphatic rings. The molecule has 2 aliphatic heterocycles. The van der Waals surface area contributed by atoms with E-state index in [2.05, 4.69) is 12.2 Å². The minimum absolute atomic E-state index is 0.321. The van der Waals surface area contributed by atoms with Gasteiger partial charge in [-0.2, -0.15) is 0 Å². The summed E-state index contributed by atoms with van der Waals surface area (Å²) in [5.41, 5.74) is 0. The van der Waals surface area contributed by atoms with Gasteiger partial charge < -0.3 is 5.32 Å². The second-order valence-corrected chi connectivity index (χ2v) is 8.09. The Balaban J connectivity index is 1.78. The normalized spacial score (nSPS) is 27.5. The summed E-state index contributed by atoms with van der Waals surface area (Å²) in [7, 11) is -3.02. The minimum Gasteiger partial charge on any atom is -0.314 e. The van der Waals surface area contributed by atoms with E-state index in [4.69, 9.17) is 0 Å². The van der Waals surface area contributed by atoms with E-state index < -0.39 is 10.0 Å². The van der Waals surface area contributed by atoms with Crippen molar-refractivity contribution in [3.8, 4) is 0 Å². The Bertz CT molecular complexity index is 356. The quantitative estimate of drug-likeness (QED) is 0.841. The van der Waals surface area contributed by atoms with Crippen LogP contribution < -0.4 is 5.32 Å². The van der Waals surface area contributed by atoms with E-state index in [9.17, 15) is 8.42 Å². The first kappa shape index (κ1) is 15.3. The van der Waals surface area contributed by atoms with Crippen LogP contribution in [-0.4, -0.2) is 44.2 Å². The summed E-state index contributed by atoms with van der Waals surface area (Å²) in [5, 5.41) is 3.43. The molecule has 0 saturated carbocycles. The van der Waals surface area contributed by atoms with E-state index in [0.717, 1.165) is 51.2 Å². The molecule has 0 spiro atoms. The molecule has 2 rings (SSSR count). The fourth-order valence-corrected chi connectivity index (χ4v) is 4.79. The van der Waals surface area contributed by atoms with Crippen molar-refractivity contribution in [2.75, 3.05) is 25.4 Å². The van der Waals surface area contributed by atoms with E-state index in [0.29, 0.717) is 11.8 Å². The molecule has 0 aromatic heterocycles. The van der Waals surface area contributed by atoms with Crippen LogP contribution >= 0.6 is 0 Å². The van der Waals surface area contributed by atoms with Crippen LogP contribution in [0.5, 0.6) is 0 Å².